The number of fused-ring (bicyclic) bond motifs is 7. The highest BCUT2D eigenvalue weighted by molar-refractivity contribution is 6.19. The Morgan fingerprint density at radius 3 is 1.71 bits per heavy atom. The van der Waals surface area contributed by atoms with E-state index in [0.29, 0.717) is 0 Å². The van der Waals surface area contributed by atoms with Crippen LogP contribution in [-0.4, -0.2) is 9.13 Å². The molecule has 0 unspecified atom stereocenters. The third-order valence-corrected chi connectivity index (χ3v) is 9.89. The van der Waals surface area contributed by atoms with Gasteiger partial charge in [0.2, 0.25) is 0 Å². The molecule has 0 aliphatic heterocycles. The van der Waals surface area contributed by atoms with Crippen LogP contribution in [0.15, 0.2) is 182 Å². The number of rotatable bonds is 4. The quantitative estimate of drug-likeness (QED) is 0.188. The molecule has 2 heteroatoms. The van der Waals surface area contributed by atoms with Crippen LogP contribution in [-0.2, 0) is 0 Å². The lowest BCUT2D eigenvalue weighted by Crippen LogP contribution is -1.96. The van der Waals surface area contributed by atoms with Crippen molar-refractivity contribution in [3.63, 3.8) is 0 Å². The molecule has 2 nitrogen and oxygen atoms in total. The van der Waals surface area contributed by atoms with Crippen molar-refractivity contribution < 1.29 is 0 Å². The second kappa shape index (κ2) is 10.6. The van der Waals surface area contributed by atoms with Crippen LogP contribution in [0.1, 0.15) is 0 Å². The van der Waals surface area contributed by atoms with Gasteiger partial charge in [0, 0.05) is 32.9 Å². The van der Waals surface area contributed by atoms with E-state index in [0.717, 1.165) is 11.4 Å². The van der Waals surface area contributed by atoms with Crippen molar-refractivity contribution in [3.8, 4) is 33.6 Å². The molecular formula is C46H30N2. The van der Waals surface area contributed by atoms with Crippen LogP contribution in [0, 0.1) is 0 Å². The molecule has 8 aromatic carbocycles. The molecule has 224 valence electrons. The normalized spacial score (nSPS) is 11.8. The number of hydrogen-bond acceptors (Lipinski definition) is 0. The molecule has 10 rings (SSSR count). The van der Waals surface area contributed by atoms with Crippen LogP contribution in [0.4, 0.5) is 0 Å². The average Bonchev–Trinajstić information content (AvgIpc) is 3.66. The maximum Gasteiger partial charge on any atom is 0.0562 e. The molecule has 10 aromatic rings. The van der Waals surface area contributed by atoms with Gasteiger partial charge in [0.25, 0.3) is 0 Å². The molecule has 2 heterocycles. The molecule has 0 saturated carbocycles. The zero-order valence-electron chi connectivity index (χ0n) is 26.2. The predicted octanol–water partition coefficient (Wildman–Crippen LogP) is 12.4. The van der Waals surface area contributed by atoms with E-state index in [1.54, 1.807) is 0 Å². The SMILES string of the molecule is c1ccc(-c2ccc3c(c2)c2cc4c5ccccc5n(-c5ccccc5)c4cc2n3-c2cccc(-c3cccc4ccccc34)c2)cc1. The van der Waals surface area contributed by atoms with Crippen molar-refractivity contribution in [1.82, 2.24) is 9.13 Å². The van der Waals surface area contributed by atoms with Gasteiger partial charge in [0.05, 0.1) is 22.1 Å². The summed E-state index contributed by atoms with van der Waals surface area (Å²) in [6.45, 7) is 0. The van der Waals surface area contributed by atoms with Crippen molar-refractivity contribution in [2.75, 3.05) is 0 Å². The summed E-state index contributed by atoms with van der Waals surface area (Å²) in [7, 11) is 0. The maximum absolute atomic E-state index is 2.46. The summed E-state index contributed by atoms with van der Waals surface area (Å²) in [6.07, 6.45) is 0. The molecule has 0 aliphatic carbocycles. The van der Waals surface area contributed by atoms with Gasteiger partial charge in [0.15, 0.2) is 0 Å². The first kappa shape index (κ1) is 26.8. The Kier molecular flexibility index (Phi) is 5.91. The highest BCUT2D eigenvalue weighted by atomic mass is 15.0. The lowest BCUT2D eigenvalue weighted by Gasteiger charge is -2.13. The Labute approximate surface area is 278 Å². The summed E-state index contributed by atoms with van der Waals surface area (Å²) in [4.78, 5) is 0. The Morgan fingerprint density at radius 1 is 0.271 bits per heavy atom. The summed E-state index contributed by atoms with van der Waals surface area (Å²) < 4.78 is 4.87. The number of aromatic nitrogens is 2. The average molecular weight is 611 g/mol. The van der Waals surface area contributed by atoms with Crippen molar-refractivity contribution >= 4 is 54.4 Å². The van der Waals surface area contributed by atoms with E-state index in [1.165, 1.54) is 76.6 Å². The minimum absolute atomic E-state index is 1.15. The van der Waals surface area contributed by atoms with Gasteiger partial charge in [-0.2, -0.15) is 0 Å². The van der Waals surface area contributed by atoms with Gasteiger partial charge in [-0.15, -0.1) is 0 Å². The van der Waals surface area contributed by atoms with Crippen LogP contribution in [0.2, 0.25) is 0 Å². The van der Waals surface area contributed by atoms with Gasteiger partial charge in [-0.1, -0.05) is 127 Å². The Hall–Kier alpha value is -6.38. The smallest absolute Gasteiger partial charge is 0.0562 e. The fourth-order valence-electron chi connectivity index (χ4n) is 7.71. The molecule has 0 fully saturated rings. The summed E-state index contributed by atoms with van der Waals surface area (Å²) in [6, 6.07) is 66.2. The molecule has 2 aromatic heterocycles. The lowest BCUT2D eigenvalue weighted by atomic mass is 9.98. The van der Waals surface area contributed by atoms with Gasteiger partial charge >= 0.3 is 0 Å². The minimum Gasteiger partial charge on any atom is -0.309 e. The third-order valence-electron chi connectivity index (χ3n) is 9.89. The van der Waals surface area contributed by atoms with Gasteiger partial charge in [-0.25, -0.2) is 0 Å². The summed E-state index contributed by atoms with van der Waals surface area (Å²) in [5.74, 6) is 0. The van der Waals surface area contributed by atoms with E-state index in [1.807, 2.05) is 0 Å². The maximum atomic E-state index is 2.46. The topological polar surface area (TPSA) is 9.86 Å². The molecule has 0 atom stereocenters. The molecule has 0 spiro atoms. The lowest BCUT2D eigenvalue weighted by molar-refractivity contribution is 1.16. The summed E-state index contributed by atoms with van der Waals surface area (Å²) in [5.41, 5.74) is 12.0. The minimum atomic E-state index is 1.15. The van der Waals surface area contributed by atoms with E-state index in [4.69, 9.17) is 0 Å². The van der Waals surface area contributed by atoms with E-state index in [2.05, 4.69) is 191 Å². The monoisotopic (exact) mass is 610 g/mol. The van der Waals surface area contributed by atoms with Gasteiger partial charge in [0.1, 0.15) is 0 Å². The molecule has 0 bridgehead atoms. The molecule has 0 radical (unpaired) electrons. The first-order valence-corrected chi connectivity index (χ1v) is 16.5. The number of nitrogens with zero attached hydrogens (tertiary/aromatic N) is 2. The molecule has 0 N–H and O–H groups in total. The summed E-state index contributed by atoms with van der Waals surface area (Å²) in [5, 5.41) is 7.54. The second-order valence-corrected chi connectivity index (χ2v) is 12.6. The van der Waals surface area contributed by atoms with E-state index in [-0.39, 0.29) is 0 Å². The Balaban J connectivity index is 1.31. The molecule has 0 saturated heterocycles. The first-order valence-electron chi connectivity index (χ1n) is 16.5. The largest absolute Gasteiger partial charge is 0.309 e. The second-order valence-electron chi connectivity index (χ2n) is 12.6. The number of para-hydroxylation sites is 2. The Morgan fingerprint density at radius 2 is 0.854 bits per heavy atom. The third kappa shape index (κ3) is 4.06. The number of benzene rings is 8. The molecule has 0 aliphatic rings. The van der Waals surface area contributed by atoms with Crippen LogP contribution >= 0.6 is 0 Å². The van der Waals surface area contributed by atoms with Crippen LogP contribution in [0.25, 0.3) is 88.0 Å². The van der Waals surface area contributed by atoms with E-state index < -0.39 is 0 Å². The van der Waals surface area contributed by atoms with Gasteiger partial charge in [-0.05, 0) is 87.6 Å². The standard InChI is InChI=1S/C46H30N2/c1-3-13-31(14-4-1)33-25-26-44-40(28-33)42-29-41-39-22-9-10-24-43(39)47(35-18-5-2-6-19-35)45(41)30-46(42)48(44)36-20-11-17-34(27-36)38-23-12-16-32-15-7-8-21-37(32)38/h1-30H. The first-order chi connectivity index (χ1) is 23.8. The zero-order valence-corrected chi connectivity index (χ0v) is 26.2. The fourth-order valence-corrected chi connectivity index (χ4v) is 7.71. The zero-order chi connectivity index (χ0) is 31.6. The van der Waals surface area contributed by atoms with Crippen molar-refractivity contribution in [2.45, 2.75) is 0 Å². The van der Waals surface area contributed by atoms with Gasteiger partial charge in [-0.3, -0.25) is 0 Å². The van der Waals surface area contributed by atoms with Crippen molar-refractivity contribution in [3.05, 3.63) is 182 Å². The molecular weight excluding hydrogens is 581 g/mol. The van der Waals surface area contributed by atoms with Gasteiger partial charge < -0.3 is 9.13 Å². The predicted molar refractivity (Wildman–Crippen MR) is 203 cm³/mol. The van der Waals surface area contributed by atoms with E-state index in [9.17, 15) is 0 Å². The van der Waals surface area contributed by atoms with Crippen LogP contribution in [0.5, 0.6) is 0 Å². The highest BCUT2D eigenvalue weighted by Crippen LogP contribution is 2.41. The number of hydrogen-bond donors (Lipinski definition) is 0. The molecule has 0 amide bonds. The fraction of sp³-hybridized carbons (Fsp3) is 0. The van der Waals surface area contributed by atoms with Crippen LogP contribution < -0.4 is 0 Å². The van der Waals surface area contributed by atoms with Crippen LogP contribution in [0.3, 0.4) is 0 Å². The Bertz CT molecular complexity index is 2810. The van der Waals surface area contributed by atoms with Crippen molar-refractivity contribution in [2.24, 2.45) is 0 Å². The highest BCUT2D eigenvalue weighted by Gasteiger charge is 2.19. The summed E-state index contributed by atoms with van der Waals surface area (Å²) >= 11 is 0. The van der Waals surface area contributed by atoms with E-state index >= 15 is 0 Å². The van der Waals surface area contributed by atoms with Crippen molar-refractivity contribution in [1.29, 1.82) is 0 Å². The molecule has 48 heavy (non-hydrogen) atoms.